The van der Waals surface area contributed by atoms with Crippen LogP contribution < -0.4 is 54.4 Å². The fourth-order valence-electron chi connectivity index (χ4n) is 8.47. The van der Waals surface area contributed by atoms with Gasteiger partial charge in [-0.15, -0.1) is 0 Å². The summed E-state index contributed by atoms with van der Waals surface area (Å²) in [6.45, 7) is 1.53. The van der Waals surface area contributed by atoms with Crippen LogP contribution in [0, 0.1) is 0 Å². The van der Waals surface area contributed by atoms with Gasteiger partial charge in [0, 0.05) is 54.3 Å². The van der Waals surface area contributed by atoms with Crippen molar-refractivity contribution in [3.63, 3.8) is 0 Å². The molecule has 22 heteroatoms. The molecule has 0 spiro atoms. The van der Waals surface area contributed by atoms with Crippen LogP contribution in [-0.2, 0) is 64.0 Å². The molecule has 2 unspecified atom stereocenters. The minimum atomic E-state index is -1.67. The van der Waals surface area contributed by atoms with Crippen LogP contribution in [0.25, 0.3) is 10.9 Å². The molecular formula is C54H67N11O9S2. The van der Waals surface area contributed by atoms with Crippen molar-refractivity contribution in [3.05, 3.63) is 144 Å². The summed E-state index contributed by atoms with van der Waals surface area (Å²) >= 11 is 0. The highest BCUT2D eigenvalue weighted by molar-refractivity contribution is 8.76. The molecule has 1 saturated heterocycles. The maximum atomic E-state index is 14.8. The Labute approximate surface area is 448 Å². The van der Waals surface area contributed by atoms with Crippen LogP contribution in [0.15, 0.2) is 121 Å². The molecule has 0 saturated carbocycles. The van der Waals surface area contributed by atoms with Gasteiger partial charge in [-0.3, -0.25) is 38.4 Å². The Bertz CT molecular complexity index is 2750. The Morgan fingerprint density at radius 3 is 1.50 bits per heavy atom. The van der Waals surface area contributed by atoms with E-state index < -0.39 is 102 Å². The van der Waals surface area contributed by atoms with Crippen molar-refractivity contribution in [2.45, 2.75) is 106 Å². The van der Waals surface area contributed by atoms with Crippen LogP contribution in [0.3, 0.4) is 0 Å². The van der Waals surface area contributed by atoms with Gasteiger partial charge in [0.15, 0.2) is 0 Å². The molecule has 404 valence electrons. The highest BCUT2D eigenvalue weighted by Gasteiger charge is 2.36. The number of rotatable bonds is 14. The van der Waals surface area contributed by atoms with Gasteiger partial charge in [-0.05, 0) is 61.1 Å². The van der Waals surface area contributed by atoms with Crippen LogP contribution in [0.1, 0.15) is 48.4 Å². The number of hydrogen-bond donors (Lipinski definition) is 12. The Hall–Kier alpha value is -7.24. The molecule has 2 heterocycles. The van der Waals surface area contributed by atoms with Gasteiger partial charge in [0.1, 0.15) is 42.3 Å². The molecule has 6 rings (SSSR count). The van der Waals surface area contributed by atoms with Crippen molar-refractivity contribution >= 4 is 79.7 Å². The minimum Gasteiger partial charge on any atom is -0.391 e. The van der Waals surface area contributed by atoms with Crippen molar-refractivity contribution in [1.82, 2.24) is 42.2 Å². The summed E-state index contributed by atoms with van der Waals surface area (Å²) in [7, 11) is 2.21. The molecule has 4 aromatic carbocycles. The lowest BCUT2D eigenvalue weighted by molar-refractivity contribution is -0.137. The Kier molecular flexibility index (Phi) is 22.3. The Morgan fingerprint density at radius 1 is 0.553 bits per heavy atom. The van der Waals surface area contributed by atoms with Gasteiger partial charge in [-0.1, -0.05) is 131 Å². The number of aromatic amines is 1. The highest BCUT2D eigenvalue weighted by atomic mass is 33.1. The lowest BCUT2D eigenvalue weighted by Crippen LogP contribution is -2.62. The van der Waals surface area contributed by atoms with Crippen LogP contribution >= 0.6 is 21.6 Å². The number of primary amides is 1. The molecule has 20 nitrogen and oxygen atoms in total. The predicted molar refractivity (Wildman–Crippen MR) is 293 cm³/mol. The molecule has 76 heavy (non-hydrogen) atoms. The van der Waals surface area contributed by atoms with E-state index in [2.05, 4.69) is 42.2 Å². The number of para-hydroxylation sites is 1. The van der Waals surface area contributed by atoms with Crippen molar-refractivity contribution in [3.8, 4) is 0 Å². The lowest BCUT2D eigenvalue weighted by atomic mass is 10.00. The van der Waals surface area contributed by atoms with E-state index >= 15 is 0 Å². The first kappa shape index (κ1) is 58.0. The number of carbonyl (C=O) groups excluding carboxylic acids is 8. The number of aromatic nitrogens is 1. The zero-order chi connectivity index (χ0) is 54.6. The first-order valence-electron chi connectivity index (χ1n) is 25.1. The fourth-order valence-corrected chi connectivity index (χ4v) is 10.8. The molecule has 5 aromatic rings. The third kappa shape index (κ3) is 17.4. The van der Waals surface area contributed by atoms with Crippen LogP contribution in [-0.4, -0.2) is 130 Å². The van der Waals surface area contributed by atoms with Gasteiger partial charge in [-0.25, -0.2) is 0 Å². The largest absolute Gasteiger partial charge is 0.391 e. The summed E-state index contributed by atoms with van der Waals surface area (Å²) in [4.78, 5) is 117. The average Bonchev–Trinajstić information content (AvgIpc) is 3.82. The molecule has 1 aliphatic heterocycles. The van der Waals surface area contributed by atoms with E-state index in [-0.39, 0.29) is 50.2 Å². The number of fused-ring (bicyclic) bond motifs is 1. The molecule has 8 amide bonds. The van der Waals surface area contributed by atoms with E-state index in [9.17, 15) is 43.5 Å². The Morgan fingerprint density at radius 2 is 0.987 bits per heavy atom. The molecular weight excluding hydrogens is 1010 g/mol. The van der Waals surface area contributed by atoms with Crippen molar-refractivity contribution in [1.29, 1.82) is 0 Å². The number of hydrogen-bond acceptors (Lipinski definition) is 13. The van der Waals surface area contributed by atoms with E-state index in [1.54, 1.807) is 97.2 Å². The van der Waals surface area contributed by atoms with E-state index in [1.807, 2.05) is 24.3 Å². The number of aliphatic hydroxyl groups is 1. The summed E-state index contributed by atoms with van der Waals surface area (Å²) in [5, 5.41) is 30.9. The Balaban J connectivity index is 1.39. The number of nitrogens with two attached hydrogens (primary N) is 3. The SMILES string of the molecule is C[C@@H](O)[C@@H]1NC(=O)[C@H](CCCCN)NC(=O)C(Cc2c[nH]c3ccccc23)NC(=O)[C@H](Cc2ccccc2)NC(=O)[C@H](Cc2ccccc2)NC(=O)[C@@H](N)CSSC[C@@H](C(N)=O)NC(=O)C(Cc2ccccc2)NC1=O. The fraction of sp³-hybridized carbons (Fsp3) is 0.370. The first-order chi connectivity index (χ1) is 36.6. The van der Waals surface area contributed by atoms with Crippen molar-refractivity contribution in [2.75, 3.05) is 18.1 Å². The average molecular weight is 1080 g/mol. The number of aliphatic hydroxyl groups excluding tert-OH is 1. The summed E-state index contributed by atoms with van der Waals surface area (Å²) in [6, 6.07) is 23.1. The molecule has 1 aliphatic rings. The maximum Gasteiger partial charge on any atom is 0.245 e. The second kappa shape index (κ2) is 29.2. The van der Waals surface area contributed by atoms with E-state index in [4.69, 9.17) is 17.2 Å². The minimum absolute atomic E-state index is 0.00747. The second-order valence-electron chi connectivity index (χ2n) is 18.6. The first-order valence-corrected chi connectivity index (χ1v) is 27.6. The topological polar surface area (TPSA) is 335 Å². The summed E-state index contributed by atoms with van der Waals surface area (Å²) in [5.74, 6) is -6.57. The normalized spacial score (nSPS) is 23.7. The second-order valence-corrected chi connectivity index (χ2v) is 21.1. The van der Waals surface area contributed by atoms with E-state index in [0.717, 1.165) is 32.5 Å². The molecule has 9 atom stereocenters. The van der Waals surface area contributed by atoms with Crippen molar-refractivity contribution < 1.29 is 43.5 Å². The predicted octanol–water partition coefficient (Wildman–Crippen LogP) is 0.550. The molecule has 1 aromatic heterocycles. The number of nitrogens with one attached hydrogen (secondary N) is 8. The molecule has 0 radical (unpaired) electrons. The number of benzene rings is 4. The van der Waals surface area contributed by atoms with E-state index in [0.29, 0.717) is 35.1 Å². The third-order valence-electron chi connectivity index (χ3n) is 12.7. The standard InChI is InChI=1S/C54H67N11O9S2/c1-32(66)46-54(74)63-43(27-35-19-9-4-10-20-35)52(72)64-45(47(57)67)31-76-75-30-38(56)48(68)60-41(25-33-15-5-2-6-16-33)50(70)61-42(26-34-17-7-3-8-18-34)51(71)62-44(28-36-29-58-39-22-12-11-21-37(36)39)53(73)59-40(49(69)65-46)23-13-14-24-55/h2-12,15-22,29,32,38,40-46,58,66H,13-14,23-28,30-31,55-56H2,1H3,(H2,57,67)(H,59,73)(H,60,68)(H,61,70)(H,62,71)(H,63,74)(H,64,72)(H,65,69)/t32-,38+,40+,41+,42+,43?,44?,45+,46+/m1/s1. The summed E-state index contributed by atoms with van der Waals surface area (Å²) in [6.07, 6.45) is 0.790. The third-order valence-corrected chi connectivity index (χ3v) is 15.1. The van der Waals surface area contributed by atoms with Gasteiger partial charge in [0.2, 0.25) is 47.3 Å². The van der Waals surface area contributed by atoms with Gasteiger partial charge >= 0.3 is 0 Å². The van der Waals surface area contributed by atoms with Gasteiger partial charge in [0.25, 0.3) is 0 Å². The summed E-state index contributed by atoms with van der Waals surface area (Å²) in [5.41, 5.74) is 21.4. The van der Waals surface area contributed by atoms with Gasteiger partial charge in [0.05, 0.1) is 12.1 Å². The smallest absolute Gasteiger partial charge is 0.245 e. The van der Waals surface area contributed by atoms with Crippen molar-refractivity contribution in [2.24, 2.45) is 17.2 Å². The molecule has 0 aliphatic carbocycles. The molecule has 0 bridgehead atoms. The maximum absolute atomic E-state index is 14.8. The highest BCUT2D eigenvalue weighted by Crippen LogP contribution is 2.23. The number of unbranched alkanes of at least 4 members (excludes halogenated alkanes) is 1. The molecule has 1 fully saturated rings. The zero-order valence-corrected chi connectivity index (χ0v) is 43.7. The number of H-pyrrole nitrogens is 1. The van der Waals surface area contributed by atoms with E-state index in [1.165, 1.54) is 6.92 Å². The van der Waals surface area contributed by atoms with Crippen LogP contribution in [0.2, 0.25) is 0 Å². The summed E-state index contributed by atoms with van der Waals surface area (Å²) < 4.78 is 0. The monoisotopic (exact) mass is 1080 g/mol. The van der Waals surface area contributed by atoms with Gasteiger partial charge < -0.3 is 64.5 Å². The number of amides is 8. The quantitative estimate of drug-likeness (QED) is 0.0535. The van der Waals surface area contributed by atoms with Crippen LogP contribution in [0.5, 0.6) is 0 Å². The zero-order valence-electron chi connectivity index (χ0n) is 42.1. The van der Waals surface area contributed by atoms with Crippen LogP contribution in [0.4, 0.5) is 0 Å². The lowest BCUT2D eigenvalue weighted by Gasteiger charge is -2.29. The molecule has 15 N–H and O–H groups in total. The number of carbonyl (C=O) groups is 8. The van der Waals surface area contributed by atoms with Gasteiger partial charge in [-0.2, -0.15) is 0 Å².